The molecule has 1 fully saturated rings. The Labute approximate surface area is 118 Å². The normalized spacial score (nSPS) is 19.2. The van der Waals surface area contributed by atoms with Crippen LogP contribution in [0.25, 0.3) is 0 Å². The highest BCUT2D eigenvalue weighted by atomic mass is 16.5. The molecule has 0 radical (unpaired) electrons. The highest BCUT2D eigenvalue weighted by Crippen LogP contribution is 2.17. The van der Waals surface area contributed by atoms with E-state index in [1.165, 1.54) is 6.20 Å². The van der Waals surface area contributed by atoms with Gasteiger partial charge in [-0.25, -0.2) is 0 Å². The fourth-order valence-corrected chi connectivity index (χ4v) is 2.15. The van der Waals surface area contributed by atoms with Crippen LogP contribution >= 0.6 is 0 Å². The molecule has 4 N–H and O–H groups in total. The Balaban J connectivity index is 2.05. The van der Waals surface area contributed by atoms with Crippen LogP contribution in [0.3, 0.4) is 0 Å². The topological polar surface area (TPSA) is 102 Å². The van der Waals surface area contributed by atoms with Gasteiger partial charge in [0.05, 0.1) is 30.1 Å². The van der Waals surface area contributed by atoms with E-state index in [-0.39, 0.29) is 18.6 Å². The SMILES string of the molecule is CC(C)(O)CNC(=O)c1c(N)cnn1CC1CCCO1. The van der Waals surface area contributed by atoms with Gasteiger partial charge < -0.3 is 20.9 Å². The van der Waals surface area contributed by atoms with E-state index in [4.69, 9.17) is 10.5 Å². The number of nitrogens with zero attached hydrogens (tertiary/aromatic N) is 2. The molecule has 1 atom stereocenters. The molecule has 0 aliphatic carbocycles. The molecular formula is C13H22N4O3. The summed E-state index contributed by atoms with van der Waals surface area (Å²) in [5, 5.41) is 16.4. The lowest BCUT2D eigenvalue weighted by molar-refractivity contribution is 0.0680. The third kappa shape index (κ3) is 3.71. The summed E-state index contributed by atoms with van der Waals surface area (Å²) in [6.07, 6.45) is 3.54. The van der Waals surface area contributed by atoms with Crippen LogP contribution < -0.4 is 11.1 Å². The first-order chi connectivity index (χ1) is 9.37. The van der Waals surface area contributed by atoms with Crippen molar-refractivity contribution in [1.82, 2.24) is 15.1 Å². The summed E-state index contributed by atoms with van der Waals surface area (Å²) >= 11 is 0. The van der Waals surface area contributed by atoms with Gasteiger partial charge in [0, 0.05) is 13.2 Å². The molecule has 1 amide bonds. The number of nitrogens with one attached hydrogen (secondary N) is 1. The van der Waals surface area contributed by atoms with E-state index in [9.17, 15) is 9.90 Å². The quantitative estimate of drug-likeness (QED) is 0.713. The van der Waals surface area contributed by atoms with Crippen molar-refractivity contribution in [2.24, 2.45) is 0 Å². The first-order valence-corrected chi connectivity index (χ1v) is 6.80. The summed E-state index contributed by atoms with van der Waals surface area (Å²) in [6, 6.07) is 0. The molecule has 1 saturated heterocycles. The van der Waals surface area contributed by atoms with E-state index in [0.29, 0.717) is 17.9 Å². The lowest BCUT2D eigenvalue weighted by atomic mass is 10.1. The number of rotatable bonds is 5. The second-order valence-electron chi connectivity index (χ2n) is 5.76. The van der Waals surface area contributed by atoms with Crippen molar-refractivity contribution < 1.29 is 14.6 Å². The predicted molar refractivity (Wildman–Crippen MR) is 74.2 cm³/mol. The van der Waals surface area contributed by atoms with E-state index >= 15 is 0 Å². The Kier molecular flexibility index (Phi) is 4.29. The third-order valence-electron chi connectivity index (χ3n) is 3.16. The maximum atomic E-state index is 12.2. The number of hydrogen-bond acceptors (Lipinski definition) is 5. The van der Waals surface area contributed by atoms with Crippen molar-refractivity contribution in [3.63, 3.8) is 0 Å². The number of ether oxygens (including phenoxy) is 1. The number of carbonyl (C=O) groups is 1. The van der Waals surface area contributed by atoms with Crippen molar-refractivity contribution in [3.05, 3.63) is 11.9 Å². The van der Waals surface area contributed by atoms with Crippen LogP contribution in [-0.2, 0) is 11.3 Å². The van der Waals surface area contributed by atoms with Crippen molar-refractivity contribution >= 4 is 11.6 Å². The van der Waals surface area contributed by atoms with Gasteiger partial charge in [0.1, 0.15) is 5.69 Å². The molecule has 7 nitrogen and oxygen atoms in total. The smallest absolute Gasteiger partial charge is 0.271 e. The zero-order chi connectivity index (χ0) is 14.8. The Morgan fingerprint density at radius 1 is 1.70 bits per heavy atom. The maximum absolute atomic E-state index is 12.2. The minimum absolute atomic E-state index is 0.0788. The first-order valence-electron chi connectivity index (χ1n) is 6.80. The van der Waals surface area contributed by atoms with Gasteiger partial charge in [-0.1, -0.05) is 0 Å². The summed E-state index contributed by atoms with van der Waals surface area (Å²) in [6.45, 7) is 4.67. The van der Waals surface area contributed by atoms with Crippen molar-refractivity contribution in [1.29, 1.82) is 0 Å². The van der Waals surface area contributed by atoms with Gasteiger partial charge in [-0.15, -0.1) is 0 Å². The summed E-state index contributed by atoms with van der Waals surface area (Å²) in [5.74, 6) is -0.333. The zero-order valence-corrected chi connectivity index (χ0v) is 11.9. The molecule has 2 heterocycles. The van der Waals surface area contributed by atoms with Crippen LogP contribution in [-0.4, -0.2) is 45.7 Å². The summed E-state index contributed by atoms with van der Waals surface area (Å²) in [5.41, 5.74) is 5.49. The number of aliphatic hydroxyl groups is 1. The van der Waals surface area contributed by atoms with E-state index in [2.05, 4.69) is 10.4 Å². The fraction of sp³-hybridized carbons (Fsp3) is 0.692. The van der Waals surface area contributed by atoms with Crippen LogP contribution in [0.5, 0.6) is 0 Å². The largest absolute Gasteiger partial charge is 0.396 e. The summed E-state index contributed by atoms with van der Waals surface area (Å²) in [4.78, 5) is 12.2. The highest BCUT2D eigenvalue weighted by Gasteiger charge is 2.23. The summed E-state index contributed by atoms with van der Waals surface area (Å²) < 4.78 is 7.12. The minimum Gasteiger partial charge on any atom is -0.396 e. The molecule has 2 rings (SSSR count). The number of amides is 1. The van der Waals surface area contributed by atoms with Gasteiger partial charge in [0.2, 0.25) is 0 Å². The Hall–Kier alpha value is -1.60. The molecule has 1 aliphatic heterocycles. The highest BCUT2D eigenvalue weighted by molar-refractivity contribution is 5.97. The second-order valence-corrected chi connectivity index (χ2v) is 5.76. The van der Waals surface area contributed by atoms with Crippen LogP contribution in [0.4, 0.5) is 5.69 Å². The van der Waals surface area contributed by atoms with E-state index in [1.54, 1.807) is 18.5 Å². The van der Waals surface area contributed by atoms with Gasteiger partial charge >= 0.3 is 0 Å². The average molecular weight is 282 g/mol. The third-order valence-corrected chi connectivity index (χ3v) is 3.16. The molecule has 7 heteroatoms. The van der Waals surface area contributed by atoms with E-state index < -0.39 is 5.60 Å². The number of hydrogen-bond donors (Lipinski definition) is 3. The molecule has 1 aromatic rings. The van der Waals surface area contributed by atoms with Crippen molar-refractivity contribution in [3.8, 4) is 0 Å². The standard InChI is InChI=1S/C13H22N4O3/c1-13(2,19)8-15-12(18)11-10(14)6-16-17(11)7-9-4-3-5-20-9/h6,9,19H,3-5,7-8,14H2,1-2H3,(H,15,18). The zero-order valence-electron chi connectivity index (χ0n) is 11.9. The molecule has 0 bridgehead atoms. The lowest BCUT2D eigenvalue weighted by Gasteiger charge is -2.18. The molecule has 112 valence electrons. The number of anilines is 1. The first kappa shape index (κ1) is 14.8. The molecule has 0 spiro atoms. The lowest BCUT2D eigenvalue weighted by Crippen LogP contribution is -2.39. The number of carbonyl (C=O) groups excluding carboxylic acids is 1. The van der Waals surface area contributed by atoms with Gasteiger partial charge in [-0.05, 0) is 26.7 Å². The Bertz CT molecular complexity index is 472. The molecule has 0 aromatic carbocycles. The van der Waals surface area contributed by atoms with E-state index in [0.717, 1.165) is 19.4 Å². The van der Waals surface area contributed by atoms with Gasteiger partial charge in [-0.3, -0.25) is 9.48 Å². The second kappa shape index (κ2) is 5.80. The number of nitrogens with two attached hydrogens (primary N) is 1. The molecule has 1 unspecified atom stereocenters. The van der Waals surface area contributed by atoms with Gasteiger partial charge in [0.25, 0.3) is 5.91 Å². The Morgan fingerprint density at radius 3 is 3.05 bits per heavy atom. The predicted octanol–water partition coefficient (Wildman–Crippen LogP) is 0.145. The summed E-state index contributed by atoms with van der Waals surface area (Å²) in [7, 11) is 0. The molecule has 20 heavy (non-hydrogen) atoms. The van der Waals surface area contributed by atoms with Crippen LogP contribution in [0.1, 0.15) is 37.2 Å². The van der Waals surface area contributed by atoms with Crippen LogP contribution in [0.2, 0.25) is 0 Å². The van der Waals surface area contributed by atoms with Gasteiger partial charge in [-0.2, -0.15) is 5.10 Å². The van der Waals surface area contributed by atoms with Crippen LogP contribution in [0.15, 0.2) is 6.20 Å². The molecule has 0 saturated carbocycles. The average Bonchev–Trinajstić information content (AvgIpc) is 2.96. The molecule has 1 aliphatic rings. The Morgan fingerprint density at radius 2 is 2.45 bits per heavy atom. The maximum Gasteiger partial charge on any atom is 0.271 e. The molecule has 1 aromatic heterocycles. The number of aromatic nitrogens is 2. The molecular weight excluding hydrogens is 260 g/mol. The minimum atomic E-state index is -0.968. The van der Waals surface area contributed by atoms with Crippen LogP contribution in [0, 0.1) is 0 Å². The van der Waals surface area contributed by atoms with E-state index in [1.807, 2.05) is 0 Å². The number of nitrogen functional groups attached to an aromatic ring is 1. The van der Waals surface area contributed by atoms with Crippen molar-refractivity contribution in [2.45, 2.75) is 44.9 Å². The fourth-order valence-electron chi connectivity index (χ4n) is 2.15. The monoisotopic (exact) mass is 282 g/mol. The van der Waals surface area contributed by atoms with Gasteiger partial charge in [0.15, 0.2) is 0 Å². The van der Waals surface area contributed by atoms with Crippen molar-refractivity contribution in [2.75, 3.05) is 18.9 Å².